The Balaban J connectivity index is 1.86. The van der Waals surface area contributed by atoms with Gasteiger partial charge in [-0.25, -0.2) is 9.67 Å². The van der Waals surface area contributed by atoms with Crippen molar-refractivity contribution in [1.29, 1.82) is 0 Å². The Kier molecular flexibility index (Phi) is 2.96. The molecule has 82 valence electrons. The van der Waals surface area contributed by atoms with Crippen LogP contribution >= 0.6 is 0 Å². The average Bonchev–Trinajstić information content (AvgIpc) is 2.71. The van der Waals surface area contributed by atoms with Gasteiger partial charge in [-0.15, -0.1) is 0 Å². The van der Waals surface area contributed by atoms with Crippen LogP contribution in [0.4, 0.5) is 0 Å². The summed E-state index contributed by atoms with van der Waals surface area (Å²) in [5, 5.41) is 3.90. The molecule has 0 unspecified atom stereocenters. The molecule has 1 saturated heterocycles. The number of carbonyl (C=O) groups excluding carboxylic acids is 1. The summed E-state index contributed by atoms with van der Waals surface area (Å²) in [5.41, 5.74) is 5.77. The lowest BCUT2D eigenvalue weighted by atomic mass is 10.1. The number of nitrogens with zero attached hydrogens (tertiary/aromatic N) is 4. The van der Waals surface area contributed by atoms with Crippen molar-refractivity contribution in [3.63, 3.8) is 0 Å². The average molecular weight is 209 g/mol. The molecule has 0 spiro atoms. The summed E-state index contributed by atoms with van der Waals surface area (Å²) in [7, 11) is 0. The third-order valence-electron chi connectivity index (χ3n) is 2.66. The van der Waals surface area contributed by atoms with Gasteiger partial charge < -0.3 is 10.6 Å². The molecule has 2 rings (SSSR count). The van der Waals surface area contributed by atoms with Crippen LogP contribution in [0.3, 0.4) is 0 Å². The fraction of sp³-hybridized carbons (Fsp3) is 0.667. The van der Waals surface area contributed by atoms with Gasteiger partial charge in [0, 0.05) is 19.1 Å². The largest absolute Gasteiger partial charge is 0.341 e. The molecule has 1 fully saturated rings. The molecule has 0 atom stereocenters. The first-order chi connectivity index (χ1) is 7.25. The van der Waals surface area contributed by atoms with Crippen molar-refractivity contribution < 1.29 is 4.79 Å². The van der Waals surface area contributed by atoms with Crippen LogP contribution in [-0.2, 0) is 11.3 Å². The molecule has 1 aliphatic rings. The predicted molar refractivity (Wildman–Crippen MR) is 53.8 cm³/mol. The highest BCUT2D eigenvalue weighted by molar-refractivity contribution is 5.75. The number of hydrogen-bond acceptors (Lipinski definition) is 4. The topological polar surface area (TPSA) is 77.0 Å². The van der Waals surface area contributed by atoms with E-state index in [9.17, 15) is 4.79 Å². The Morgan fingerprint density at radius 3 is 2.80 bits per heavy atom. The molecule has 1 aliphatic heterocycles. The third kappa shape index (κ3) is 2.53. The molecular formula is C9H15N5O. The van der Waals surface area contributed by atoms with E-state index in [1.54, 1.807) is 6.33 Å². The highest BCUT2D eigenvalue weighted by Crippen LogP contribution is 2.08. The molecule has 0 radical (unpaired) electrons. The minimum atomic E-state index is 0.0902. The third-order valence-corrected chi connectivity index (χ3v) is 2.66. The summed E-state index contributed by atoms with van der Waals surface area (Å²) in [4.78, 5) is 17.4. The predicted octanol–water partition coefficient (Wildman–Crippen LogP) is -0.772. The van der Waals surface area contributed by atoms with Crippen LogP contribution in [0.15, 0.2) is 12.7 Å². The Labute approximate surface area is 88.1 Å². The van der Waals surface area contributed by atoms with Crippen LogP contribution in [-0.4, -0.2) is 44.7 Å². The van der Waals surface area contributed by atoms with Crippen LogP contribution in [0.25, 0.3) is 0 Å². The fourth-order valence-electron chi connectivity index (χ4n) is 1.70. The van der Waals surface area contributed by atoms with Gasteiger partial charge in [-0.1, -0.05) is 0 Å². The molecule has 1 amide bonds. The minimum Gasteiger partial charge on any atom is -0.341 e. The molecule has 6 heteroatoms. The van der Waals surface area contributed by atoms with Crippen molar-refractivity contribution in [2.75, 3.05) is 13.1 Å². The second-order valence-corrected chi connectivity index (χ2v) is 3.81. The highest BCUT2D eigenvalue weighted by atomic mass is 16.2. The lowest BCUT2D eigenvalue weighted by molar-refractivity contribution is -0.133. The van der Waals surface area contributed by atoms with Gasteiger partial charge >= 0.3 is 0 Å². The van der Waals surface area contributed by atoms with Gasteiger partial charge in [-0.2, -0.15) is 5.10 Å². The van der Waals surface area contributed by atoms with E-state index >= 15 is 0 Å². The van der Waals surface area contributed by atoms with Crippen molar-refractivity contribution >= 4 is 5.91 Å². The Hall–Kier alpha value is -1.43. The smallest absolute Gasteiger partial charge is 0.244 e. The number of aromatic nitrogens is 3. The monoisotopic (exact) mass is 209 g/mol. The number of piperidine rings is 1. The van der Waals surface area contributed by atoms with Crippen molar-refractivity contribution in [2.45, 2.75) is 25.4 Å². The highest BCUT2D eigenvalue weighted by Gasteiger charge is 2.20. The van der Waals surface area contributed by atoms with Crippen LogP contribution in [0.5, 0.6) is 0 Å². The van der Waals surface area contributed by atoms with E-state index in [0.717, 1.165) is 25.9 Å². The van der Waals surface area contributed by atoms with Crippen molar-refractivity contribution in [1.82, 2.24) is 19.7 Å². The summed E-state index contributed by atoms with van der Waals surface area (Å²) in [5.74, 6) is 0.0902. The summed E-state index contributed by atoms with van der Waals surface area (Å²) in [6.45, 7) is 1.79. The van der Waals surface area contributed by atoms with Gasteiger partial charge in [-0.05, 0) is 12.8 Å². The first kappa shape index (κ1) is 10.1. The quantitative estimate of drug-likeness (QED) is 0.693. The minimum absolute atomic E-state index is 0.0902. The van der Waals surface area contributed by atoms with E-state index in [1.807, 2.05) is 4.90 Å². The van der Waals surface area contributed by atoms with Crippen LogP contribution < -0.4 is 5.73 Å². The molecule has 0 saturated carbocycles. The van der Waals surface area contributed by atoms with E-state index < -0.39 is 0 Å². The van der Waals surface area contributed by atoms with E-state index in [-0.39, 0.29) is 18.5 Å². The van der Waals surface area contributed by atoms with Gasteiger partial charge in [0.2, 0.25) is 5.91 Å². The maximum Gasteiger partial charge on any atom is 0.244 e. The number of rotatable bonds is 2. The number of amides is 1. The Morgan fingerprint density at radius 2 is 2.20 bits per heavy atom. The molecule has 0 bridgehead atoms. The molecule has 1 aromatic heterocycles. The van der Waals surface area contributed by atoms with E-state index in [2.05, 4.69) is 10.1 Å². The van der Waals surface area contributed by atoms with Gasteiger partial charge in [0.05, 0.1) is 0 Å². The SMILES string of the molecule is NC1CCN(C(=O)Cn2cncn2)CC1. The lowest BCUT2D eigenvalue weighted by Crippen LogP contribution is -2.44. The Morgan fingerprint density at radius 1 is 1.47 bits per heavy atom. The lowest BCUT2D eigenvalue weighted by Gasteiger charge is -2.30. The first-order valence-corrected chi connectivity index (χ1v) is 5.11. The fourth-order valence-corrected chi connectivity index (χ4v) is 1.70. The molecule has 0 aromatic carbocycles. The summed E-state index contributed by atoms with van der Waals surface area (Å²) in [6, 6.07) is 0.250. The zero-order valence-electron chi connectivity index (χ0n) is 8.54. The van der Waals surface area contributed by atoms with Crippen LogP contribution in [0.1, 0.15) is 12.8 Å². The van der Waals surface area contributed by atoms with Gasteiger partial charge in [0.25, 0.3) is 0 Å². The summed E-state index contributed by atoms with van der Waals surface area (Å²) < 4.78 is 1.54. The van der Waals surface area contributed by atoms with Gasteiger partial charge in [0.1, 0.15) is 19.2 Å². The molecule has 0 aliphatic carbocycles. The molecule has 2 heterocycles. The number of likely N-dealkylation sites (tertiary alicyclic amines) is 1. The molecule has 2 N–H and O–H groups in total. The second kappa shape index (κ2) is 4.39. The maximum absolute atomic E-state index is 11.8. The van der Waals surface area contributed by atoms with Crippen molar-refractivity contribution in [3.05, 3.63) is 12.7 Å². The van der Waals surface area contributed by atoms with Crippen LogP contribution in [0.2, 0.25) is 0 Å². The Bertz CT molecular complexity index is 315. The van der Waals surface area contributed by atoms with Crippen molar-refractivity contribution in [3.8, 4) is 0 Å². The zero-order valence-corrected chi connectivity index (χ0v) is 8.54. The molecule has 15 heavy (non-hydrogen) atoms. The van der Waals surface area contributed by atoms with E-state index in [1.165, 1.54) is 11.0 Å². The summed E-state index contributed by atoms with van der Waals surface area (Å²) in [6.07, 6.45) is 4.76. The zero-order chi connectivity index (χ0) is 10.7. The standard InChI is InChI=1S/C9H15N5O/c10-8-1-3-13(4-2-8)9(15)5-14-7-11-6-12-14/h6-8H,1-5,10H2. The second-order valence-electron chi connectivity index (χ2n) is 3.81. The first-order valence-electron chi connectivity index (χ1n) is 5.11. The molecule has 6 nitrogen and oxygen atoms in total. The van der Waals surface area contributed by atoms with Gasteiger partial charge in [-0.3, -0.25) is 4.79 Å². The van der Waals surface area contributed by atoms with Gasteiger partial charge in [0.15, 0.2) is 0 Å². The number of nitrogens with two attached hydrogens (primary N) is 1. The number of carbonyl (C=O) groups is 1. The van der Waals surface area contributed by atoms with Crippen LogP contribution in [0, 0.1) is 0 Å². The molecular weight excluding hydrogens is 194 g/mol. The normalized spacial score (nSPS) is 18.1. The maximum atomic E-state index is 11.8. The van der Waals surface area contributed by atoms with E-state index in [0.29, 0.717) is 0 Å². The molecule has 1 aromatic rings. The summed E-state index contributed by atoms with van der Waals surface area (Å²) >= 11 is 0. The van der Waals surface area contributed by atoms with E-state index in [4.69, 9.17) is 5.73 Å². The van der Waals surface area contributed by atoms with Crippen molar-refractivity contribution in [2.24, 2.45) is 5.73 Å². The number of hydrogen-bond donors (Lipinski definition) is 1.